The van der Waals surface area contributed by atoms with Crippen LogP contribution in [0.5, 0.6) is 0 Å². The van der Waals surface area contributed by atoms with Crippen LogP contribution in [-0.2, 0) is 28.4 Å². The maximum Gasteiger partial charge on any atom is 0.187 e. The second kappa shape index (κ2) is 17.6. The van der Waals surface area contributed by atoms with E-state index in [-0.39, 0.29) is 40.1 Å². The summed E-state index contributed by atoms with van der Waals surface area (Å²) >= 11 is 0. The minimum absolute atomic E-state index is 0.0621. The van der Waals surface area contributed by atoms with Crippen LogP contribution in [0.2, 0.25) is 0 Å². The van der Waals surface area contributed by atoms with Crippen LogP contribution in [0.3, 0.4) is 0 Å². The average Bonchev–Trinajstić information content (AvgIpc) is 3.24. The zero-order valence-electron chi connectivity index (χ0n) is 39.3. The summed E-state index contributed by atoms with van der Waals surface area (Å²) in [6.07, 6.45) is -13.2. The van der Waals surface area contributed by atoms with Crippen LogP contribution in [0.25, 0.3) is 0 Å². The van der Waals surface area contributed by atoms with Gasteiger partial charge in [0.25, 0.3) is 0 Å². The molecule has 17 nitrogen and oxygen atoms in total. The van der Waals surface area contributed by atoms with Crippen LogP contribution in [0.1, 0.15) is 107 Å². The highest BCUT2D eigenvalue weighted by Gasteiger charge is 2.68. The molecular formula is C48H78O17. The molecule has 0 bridgehead atoms. The molecule has 8 rings (SSSR count). The van der Waals surface area contributed by atoms with Crippen LogP contribution in [0, 0.1) is 44.3 Å². The summed E-state index contributed by atoms with van der Waals surface area (Å²) in [5.74, 6) is 0.308. The minimum atomic E-state index is -1.76. The maximum atomic E-state index is 12.1. The highest BCUT2D eigenvalue weighted by Crippen LogP contribution is 2.74. The van der Waals surface area contributed by atoms with E-state index in [1.54, 1.807) is 0 Å². The first-order valence-corrected chi connectivity index (χ1v) is 24.0. The first kappa shape index (κ1) is 50.2. The lowest BCUT2D eigenvalue weighted by Crippen LogP contribution is -2.66. The minimum Gasteiger partial charge on any atom is -0.395 e. The second-order valence-corrected chi connectivity index (χ2v) is 23.3. The van der Waals surface area contributed by atoms with Crippen LogP contribution < -0.4 is 0 Å². The van der Waals surface area contributed by atoms with Crippen molar-refractivity contribution in [1.82, 2.24) is 0 Å². The third kappa shape index (κ3) is 7.87. The molecule has 6 fully saturated rings. The third-order valence-electron chi connectivity index (χ3n) is 18.8. The van der Waals surface area contributed by atoms with Crippen molar-refractivity contribution in [2.24, 2.45) is 44.3 Å². The number of aliphatic hydroxyl groups is 11. The molecule has 0 aromatic carbocycles. The van der Waals surface area contributed by atoms with Gasteiger partial charge in [-0.05, 0) is 97.4 Å². The summed E-state index contributed by atoms with van der Waals surface area (Å²) in [6, 6.07) is 0. The molecule has 0 spiro atoms. The average molecular weight is 927 g/mol. The monoisotopic (exact) mass is 927 g/mol. The fourth-order valence-corrected chi connectivity index (χ4v) is 14.4. The lowest BCUT2D eigenvalue weighted by molar-refractivity contribution is -0.373. The third-order valence-corrected chi connectivity index (χ3v) is 18.8. The zero-order valence-corrected chi connectivity index (χ0v) is 39.3. The molecule has 0 radical (unpaired) electrons. The van der Waals surface area contributed by atoms with E-state index in [0.29, 0.717) is 12.8 Å². The van der Waals surface area contributed by atoms with E-state index in [2.05, 4.69) is 60.6 Å². The van der Waals surface area contributed by atoms with Gasteiger partial charge in [-0.2, -0.15) is 0 Å². The summed E-state index contributed by atoms with van der Waals surface area (Å²) < 4.78 is 36.2. The molecule has 0 unspecified atom stereocenters. The lowest BCUT2D eigenvalue weighted by Gasteiger charge is -2.70. The van der Waals surface area contributed by atoms with Gasteiger partial charge < -0.3 is 84.6 Å². The van der Waals surface area contributed by atoms with Crippen LogP contribution in [0.4, 0.5) is 0 Å². The summed E-state index contributed by atoms with van der Waals surface area (Å²) in [7, 11) is 0. The molecule has 8 aliphatic rings. The highest BCUT2D eigenvalue weighted by atomic mass is 16.8. The molecule has 0 amide bonds. The van der Waals surface area contributed by atoms with Crippen molar-refractivity contribution in [3.8, 4) is 0 Å². The summed E-state index contributed by atoms with van der Waals surface area (Å²) in [5, 5.41) is 119. The van der Waals surface area contributed by atoms with E-state index in [1.807, 2.05) is 0 Å². The Labute approximate surface area is 382 Å². The zero-order chi connectivity index (χ0) is 47.6. The number of aliphatic hydroxyl groups excluding tert-OH is 11. The number of hydrogen-bond donors (Lipinski definition) is 11. The first-order chi connectivity index (χ1) is 30.3. The molecule has 17 heteroatoms. The molecule has 3 saturated heterocycles. The Morgan fingerprint density at radius 2 is 1.29 bits per heavy atom. The van der Waals surface area contributed by atoms with Crippen molar-refractivity contribution in [2.75, 3.05) is 19.8 Å². The fraction of sp³-hybridized carbons (Fsp3) is 0.917. The number of allylic oxidation sites excluding steroid dienone is 3. The molecule has 3 saturated carbocycles. The van der Waals surface area contributed by atoms with E-state index in [9.17, 15) is 56.2 Å². The molecule has 5 aliphatic carbocycles. The smallest absolute Gasteiger partial charge is 0.187 e. The van der Waals surface area contributed by atoms with Gasteiger partial charge in [-0.1, -0.05) is 66.2 Å². The molecule has 11 N–H and O–H groups in total. The first-order valence-electron chi connectivity index (χ1n) is 24.0. The Bertz CT molecular complexity index is 1790. The van der Waals surface area contributed by atoms with E-state index >= 15 is 0 Å². The molecule has 372 valence electrons. The number of rotatable bonds is 9. The van der Waals surface area contributed by atoms with Crippen LogP contribution >= 0.6 is 0 Å². The van der Waals surface area contributed by atoms with Gasteiger partial charge in [0.15, 0.2) is 18.9 Å². The van der Waals surface area contributed by atoms with Gasteiger partial charge in [0.05, 0.1) is 38.1 Å². The molecule has 3 aliphatic heterocycles. The van der Waals surface area contributed by atoms with E-state index in [0.717, 1.165) is 38.5 Å². The van der Waals surface area contributed by atoms with Gasteiger partial charge >= 0.3 is 0 Å². The van der Waals surface area contributed by atoms with Gasteiger partial charge in [0.1, 0.15) is 67.1 Å². The Balaban J connectivity index is 1.04. The maximum absolute atomic E-state index is 12.1. The van der Waals surface area contributed by atoms with E-state index in [4.69, 9.17) is 28.4 Å². The Hall–Kier alpha value is -1.20. The Kier molecular flexibility index (Phi) is 13.6. The van der Waals surface area contributed by atoms with Gasteiger partial charge in [0, 0.05) is 10.8 Å². The van der Waals surface area contributed by atoms with Crippen molar-refractivity contribution in [3.05, 3.63) is 23.3 Å². The number of fused-ring (bicyclic) bond motifs is 6. The second-order valence-electron chi connectivity index (χ2n) is 23.3. The van der Waals surface area contributed by atoms with Crippen LogP contribution in [-0.4, -0.2) is 180 Å². The van der Waals surface area contributed by atoms with Crippen LogP contribution in [0.15, 0.2) is 23.3 Å². The summed E-state index contributed by atoms with van der Waals surface area (Å²) in [5.41, 5.74) is 0.777. The van der Waals surface area contributed by atoms with Gasteiger partial charge in [0.2, 0.25) is 0 Å². The summed E-state index contributed by atoms with van der Waals surface area (Å²) in [6.45, 7) is 16.2. The predicted molar refractivity (Wildman–Crippen MR) is 230 cm³/mol. The van der Waals surface area contributed by atoms with Crippen molar-refractivity contribution >= 4 is 0 Å². The van der Waals surface area contributed by atoms with E-state index < -0.39 is 128 Å². The van der Waals surface area contributed by atoms with Gasteiger partial charge in [-0.25, -0.2) is 0 Å². The normalized spacial score (nSPS) is 54.0. The Morgan fingerprint density at radius 1 is 0.662 bits per heavy atom. The van der Waals surface area contributed by atoms with Crippen molar-refractivity contribution in [1.29, 1.82) is 0 Å². The molecule has 3 heterocycles. The lowest BCUT2D eigenvalue weighted by atomic mass is 9.35. The number of ether oxygens (including phenoxy) is 6. The van der Waals surface area contributed by atoms with E-state index in [1.165, 1.54) is 18.1 Å². The predicted octanol–water partition coefficient (Wildman–Crippen LogP) is 0.532. The quantitative estimate of drug-likeness (QED) is 0.141. The topological polar surface area (TPSA) is 278 Å². The Morgan fingerprint density at radius 3 is 1.97 bits per heavy atom. The highest BCUT2D eigenvalue weighted by molar-refractivity contribution is 5.47. The molecular weight excluding hydrogens is 849 g/mol. The molecule has 0 aromatic rings. The molecule has 0 aromatic heterocycles. The van der Waals surface area contributed by atoms with Crippen molar-refractivity contribution in [3.63, 3.8) is 0 Å². The fourth-order valence-electron chi connectivity index (χ4n) is 14.4. The van der Waals surface area contributed by atoms with Crippen molar-refractivity contribution in [2.45, 2.75) is 211 Å². The standard InChI is InChI=1S/C48H78O17/c1-22-31(52)33(54)37(58)41(61-22)65-39-26(20-60-40-36(57)34(55)32(53)25(19-49)62-40)63-42(38(59)35(39)56)64-30-12-13-45(6)27(44(30,4)5)11-14-46(7)28(45)10-9-23-24-17-43(2,3)15-16-48(24,21-50)29(51)18-47(23,46)8/h9-10,22,25-42,49-59H,11-21H2,1-8H3/t22-,25-,26-,27-,28+,29-,30+,31-,32-,33+,34+,35-,36-,37-,38-,39-,40-,41+,42+,45-,46+,47+,48-/m0/s1. The van der Waals surface area contributed by atoms with Gasteiger partial charge in [-0.3, -0.25) is 0 Å². The van der Waals surface area contributed by atoms with Crippen molar-refractivity contribution < 1.29 is 84.6 Å². The molecule has 23 atom stereocenters. The summed E-state index contributed by atoms with van der Waals surface area (Å²) in [4.78, 5) is 0. The SMILES string of the molecule is C[C@@H]1O[C@H](O[C@@H]2[C@@H](O)[C@H](O)[C@@H](O[C@@H]3CC[C@]4(C)[C@H]5C=CC6=C7CC(C)(C)CC[C@@]7(CO)[C@@H](O)C[C@@]6(C)[C@]5(C)CC[C@H]4C3(C)C)O[C@H]2CO[C@H]2O[C@@H](CO)[C@H](O)[C@@H](O)[C@@H]2O)[C@@H](O)[C@H](O)[C@H]1O. The van der Waals surface area contributed by atoms with Gasteiger partial charge in [-0.15, -0.1) is 0 Å². The molecule has 65 heavy (non-hydrogen) atoms. The number of hydrogen-bond acceptors (Lipinski definition) is 17. The largest absolute Gasteiger partial charge is 0.395 e.